The van der Waals surface area contributed by atoms with Gasteiger partial charge in [0.05, 0.1) is 18.3 Å². The third kappa shape index (κ3) is 2.62. The molecular formula is C12H10ClNO2. The summed E-state index contributed by atoms with van der Waals surface area (Å²) in [6, 6.07) is 8.70. The SMILES string of the molecule is COC(=O)/C(C)=C(\C#N)c1ccc(Cl)cc1. The highest BCUT2D eigenvalue weighted by Crippen LogP contribution is 2.20. The van der Waals surface area contributed by atoms with Crippen LogP contribution in [-0.4, -0.2) is 13.1 Å². The number of carbonyl (C=O) groups is 1. The number of ether oxygens (including phenoxy) is 1. The van der Waals surface area contributed by atoms with Gasteiger partial charge in [0.15, 0.2) is 0 Å². The van der Waals surface area contributed by atoms with Crippen molar-refractivity contribution < 1.29 is 9.53 Å². The summed E-state index contributed by atoms with van der Waals surface area (Å²) in [5.74, 6) is -0.508. The number of esters is 1. The third-order valence-corrected chi connectivity index (χ3v) is 2.36. The fraction of sp³-hybridized carbons (Fsp3) is 0.167. The zero-order chi connectivity index (χ0) is 12.1. The lowest BCUT2D eigenvalue weighted by molar-refractivity contribution is -0.135. The van der Waals surface area contributed by atoms with Gasteiger partial charge in [-0.3, -0.25) is 0 Å². The molecule has 0 amide bonds. The molecule has 0 aliphatic rings. The number of halogens is 1. The number of nitriles is 1. The van der Waals surface area contributed by atoms with E-state index in [4.69, 9.17) is 16.9 Å². The van der Waals surface area contributed by atoms with Crippen LogP contribution in [0.3, 0.4) is 0 Å². The standard InChI is InChI=1S/C12H10ClNO2/c1-8(12(15)16-2)11(7-14)9-3-5-10(13)6-4-9/h3-6H,1-2H3/b11-8+. The van der Waals surface area contributed by atoms with Crippen LogP contribution in [0.4, 0.5) is 0 Å². The van der Waals surface area contributed by atoms with Crippen molar-refractivity contribution in [1.29, 1.82) is 5.26 Å². The summed E-state index contributed by atoms with van der Waals surface area (Å²) >= 11 is 5.74. The zero-order valence-corrected chi connectivity index (χ0v) is 9.71. The summed E-state index contributed by atoms with van der Waals surface area (Å²) in [6.07, 6.45) is 0. The lowest BCUT2D eigenvalue weighted by Crippen LogP contribution is -2.04. The number of rotatable bonds is 2. The van der Waals surface area contributed by atoms with Crippen molar-refractivity contribution in [2.75, 3.05) is 7.11 Å². The van der Waals surface area contributed by atoms with Crippen molar-refractivity contribution >= 4 is 23.1 Å². The van der Waals surface area contributed by atoms with Crippen molar-refractivity contribution in [2.24, 2.45) is 0 Å². The number of carbonyl (C=O) groups excluding carboxylic acids is 1. The molecule has 0 aromatic heterocycles. The number of methoxy groups -OCH3 is 1. The van der Waals surface area contributed by atoms with Crippen molar-refractivity contribution in [3.63, 3.8) is 0 Å². The van der Waals surface area contributed by atoms with Gasteiger partial charge >= 0.3 is 5.97 Å². The molecule has 1 rings (SSSR count). The van der Waals surface area contributed by atoms with Crippen LogP contribution in [0, 0.1) is 11.3 Å². The molecule has 16 heavy (non-hydrogen) atoms. The predicted molar refractivity (Wildman–Crippen MR) is 61.7 cm³/mol. The summed E-state index contributed by atoms with van der Waals surface area (Å²) in [7, 11) is 1.28. The minimum atomic E-state index is -0.508. The highest BCUT2D eigenvalue weighted by molar-refractivity contribution is 6.30. The maximum absolute atomic E-state index is 11.3. The maximum Gasteiger partial charge on any atom is 0.334 e. The normalized spacial score (nSPS) is 11.4. The topological polar surface area (TPSA) is 50.1 Å². The van der Waals surface area contributed by atoms with E-state index in [1.807, 2.05) is 6.07 Å². The number of allylic oxidation sites excluding steroid dienone is 1. The van der Waals surface area contributed by atoms with Crippen molar-refractivity contribution in [1.82, 2.24) is 0 Å². The van der Waals surface area contributed by atoms with E-state index >= 15 is 0 Å². The molecule has 0 unspecified atom stereocenters. The van der Waals surface area contributed by atoms with Gasteiger partial charge in [0.1, 0.15) is 6.07 Å². The summed E-state index contributed by atoms with van der Waals surface area (Å²) < 4.78 is 4.57. The van der Waals surface area contributed by atoms with E-state index in [2.05, 4.69) is 4.74 Å². The fourth-order valence-electron chi connectivity index (χ4n) is 1.24. The smallest absolute Gasteiger partial charge is 0.334 e. The molecule has 0 atom stereocenters. The molecule has 1 aromatic rings. The van der Waals surface area contributed by atoms with E-state index < -0.39 is 5.97 Å². The van der Waals surface area contributed by atoms with Gasteiger partial charge in [-0.25, -0.2) is 4.79 Å². The van der Waals surface area contributed by atoms with E-state index in [1.54, 1.807) is 31.2 Å². The second-order valence-corrected chi connectivity index (χ2v) is 3.55. The number of hydrogen-bond donors (Lipinski definition) is 0. The Balaban J connectivity index is 3.23. The molecule has 0 fully saturated rings. The molecule has 0 bridgehead atoms. The van der Waals surface area contributed by atoms with Gasteiger partial charge in [0.25, 0.3) is 0 Å². The molecule has 82 valence electrons. The Morgan fingerprint density at radius 2 is 1.94 bits per heavy atom. The molecule has 1 aromatic carbocycles. The van der Waals surface area contributed by atoms with Crippen LogP contribution in [-0.2, 0) is 9.53 Å². The molecule has 0 heterocycles. The van der Waals surface area contributed by atoms with Gasteiger partial charge in [0, 0.05) is 5.02 Å². The number of hydrogen-bond acceptors (Lipinski definition) is 3. The molecular weight excluding hydrogens is 226 g/mol. The summed E-state index contributed by atoms with van der Waals surface area (Å²) in [5.41, 5.74) is 1.23. The van der Waals surface area contributed by atoms with E-state index in [9.17, 15) is 4.79 Å². The van der Waals surface area contributed by atoms with Crippen molar-refractivity contribution in [3.05, 3.63) is 40.4 Å². The average molecular weight is 236 g/mol. The first-order valence-electron chi connectivity index (χ1n) is 4.55. The number of nitrogens with zero attached hydrogens (tertiary/aromatic N) is 1. The Hall–Kier alpha value is -1.79. The van der Waals surface area contributed by atoms with E-state index in [1.165, 1.54) is 7.11 Å². The zero-order valence-electron chi connectivity index (χ0n) is 8.95. The van der Waals surface area contributed by atoms with Crippen molar-refractivity contribution in [3.8, 4) is 6.07 Å². The monoisotopic (exact) mass is 235 g/mol. The minimum absolute atomic E-state index is 0.285. The largest absolute Gasteiger partial charge is 0.466 e. The van der Waals surface area contributed by atoms with Gasteiger partial charge in [-0.05, 0) is 24.6 Å². The molecule has 0 N–H and O–H groups in total. The maximum atomic E-state index is 11.3. The summed E-state index contributed by atoms with van der Waals surface area (Å²) in [5, 5.41) is 9.60. The highest BCUT2D eigenvalue weighted by Gasteiger charge is 2.12. The Morgan fingerprint density at radius 1 is 1.38 bits per heavy atom. The quantitative estimate of drug-likeness (QED) is 0.450. The second-order valence-electron chi connectivity index (χ2n) is 3.11. The van der Waals surface area contributed by atoms with Gasteiger partial charge in [-0.1, -0.05) is 23.7 Å². The third-order valence-electron chi connectivity index (χ3n) is 2.11. The van der Waals surface area contributed by atoms with E-state index in [0.29, 0.717) is 16.2 Å². The molecule has 0 saturated heterocycles. The van der Waals surface area contributed by atoms with Crippen molar-refractivity contribution in [2.45, 2.75) is 6.92 Å². The molecule has 0 radical (unpaired) electrons. The fourth-order valence-corrected chi connectivity index (χ4v) is 1.36. The Kier molecular flexibility index (Phi) is 4.10. The molecule has 0 saturated carbocycles. The predicted octanol–water partition coefficient (Wildman–Crippen LogP) is 2.81. The lowest BCUT2D eigenvalue weighted by atomic mass is 10.0. The summed E-state index contributed by atoms with van der Waals surface area (Å²) in [6.45, 7) is 1.55. The van der Waals surface area contributed by atoms with Crippen LogP contribution in [0.25, 0.3) is 5.57 Å². The van der Waals surface area contributed by atoms with E-state index in [0.717, 1.165) is 0 Å². The Labute approximate surface area is 98.9 Å². The first kappa shape index (κ1) is 12.3. The first-order chi connectivity index (χ1) is 7.60. The highest BCUT2D eigenvalue weighted by atomic mass is 35.5. The molecule has 0 spiro atoms. The Morgan fingerprint density at radius 3 is 2.38 bits per heavy atom. The van der Waals surface area contributed by atoms with Gasteiger partial charge in [0.2, 0.25) is 0 Å². The average Bonchev–Trinajstić information content (AvgIpc) is 2.31. The summed E-state index contributed by atoms with van der Waals surface area (Å²) in [4.78, 5) is 11.3. The van der Waals surface area contributed by atoms with Crippen LogP contribution >= 0.6 is 11.6 Å². The first-order valence-corrected chi connectivity index (χ1v) is 4.93. The van der Waals surface area contributed by atoms with Gasteiger partial charge in [-0.2, -0.15) is 5.26 Å². The van der Waals surface area contributed by atoms with Gasteiger partial charge in [-0.15, -0.1) is 0 Å². The molecule has 4 heteroatoms. The lowest BCUT2D eigenvalue weighted by Gasteiger charge is -2.04. The second kappa shape index (κ2) is 5.34. The minimum Gasteiger partial charge on any atom is -0.466 e. The van der Waals surface area contributed by atoms with Gasteiger partial charge < -0.3 is 4.74 Å². The molecule has 3 nitrogen and oxygen atoms in total. The molecule has 0 aliphatic heterocycles. The van der Waals surface area contributed by atoms with Crippen LogP contribution in [0.2, 0.25) is 5.02 Å². The van der Waals surface area contributed by atoms with Crippen LogP contribution < -0.4 is 0 Å². The van der Waals surface area contributed by atoms with E-state index in [-0.39, 0.29) is 5.57 Å². The van der Waals surface area contributed by atoms with Crippen LogP contribution in [0.5, 0.6) is 0 Å². The van der Waals surface area contributed by atoms with Crippen LogP contribution in [0.15, 0.2) is 29.8 Å². The Bertz CT molecular complexity index is 469. The number of benzene rings is 1. The molecule has 0 aliphatic carbocycles. The van der Waals surface area contributed by atoms with Crippen LogP contribution in [0.1, 0.15) is 12.5 Å².